The highest BCUT2D eigenvalue weighted by molar-refractivity contribution is 5.60. The molecule has 0 saturated carbocycles. The van der Waals surface area contributed by atoms with Gasteiger partial charge in [0, 0.05) is 43.6 Å². The topological polar surface area (TPSA) is 53.5 Å². The van der Waals surface area contributed by atoms with Crippen LogP contribution in [0, 0.1) is 6.92 Å². The molecule has 1 aliphatic heterocycles. The Morgan fingerprint density at radius 3 is 2.41 bits per heavy atom. The summed E-state index contributed by atoms with van der Waals surface area (Å²) in [5.41, 5.74) is 3.57. The second-order valence-electron chi connectivity index (χ2n) is 7.16. The van der Waals surface area contributed by atoms with Gasteiger partial charge in [-0.15, -0.1) is 0 Å². The number of anilines is 4. The Bertz CT molecular complexity index is 936. The summed E-state index contributed by atoms with van der Waals surface area (Å²) < 4.78 is 5.49. The van der Waals surface area contributed by atoms with Gasteiger partial charge in [0.25, 0.3) is 0 Å². The summed E-state index contributed by atoms with van der Waals surface area (Å²) in [6, 6.07) is 18.6. The number of nitrogens with zero attached hydrogens (tertiary/aromatic N) is 4. The van der Waals surface area contributed by atoms with Gasteiger partial charge < -0.3 is 19.9 Å². The van der Waals surface area contributed by atoms with Crippen molar-refractivity contribution in [3.05, 3.63) is 66.5 Å². The molecular weight excluding hydrogens is 362 g/mol. The summed E-state index contributed by atoms with van der Waals surface area (Å²) >= 11 is 0. The van der Waals surface area contributed by atoms with E-state index in [0.29, 0.717) is 6.61 Å². The number of hydrogen-bond acceptors (Lipinski definition) is 6. The van der Waals surface area contributed by atoms with Gasteiger partial charge in [-0.25, -0.2) is 9.97 Å². The molecule has 29 heavy (non-hydrogen) atoms. The van der Waals surface area contributed by atoms with Crippen molar-refractivity contribution in [3.63, 3.8) is 0 Å². The number of piperazine rings is 1. The smallest absolute Gasteiger partial charge is 0.135 e. The molecule has 0 bridgehead atoms. The van der Waals surface area contributed by atoms with Crippen molar-refractivity contribution in [2.45, 2.75) is 13.8 Å². The monoisotopic (exact) mass is 389 g/mol. The minimum Gasteiger partial charge on any atom is -0.494 e. The Hall–Kier alpha value is -3.28. The van der Waals surface area contributed by atoms with E-state index >= 15 is 0 Å². The SMILES string of the molecule is CCOc1ccc(Nc2cc(N3CCN(c4cccc(C)c4)CC3)ncn2)cc1. The molecule has 0 atom stereocenters. The first-order valence-corrected chi connectivity index (χ1v) is 10.1. The molecule has 150 valence electrons. The molecule has 3 aromatic rings. The van der Waals surface area contributed by atoms with Crippen LogP contribution in [0.2, 0.25) is 0 Å². The molecule has 6 nitrogen and oxygen atoms in total. The van der Waals surface area contributed by atoms with Crippen LogP contribution in [0.15, 0.2) is 60.9 Å². The highest BCUT2D eigenvalue weighted by Gasteiger charge is 2.19. The summed E-state index contributed by atoms with van der Waals surface area (Å²) in [6.07, 6.45) is 1.62. The lowest BCUT2D eigenvalue weighted by atomic mass is 10.2. The van der Waals surface area contributed by atoms with E-state index in [4.69, 9.17) is 4.74 Å². The summed E-state index contributed by atoms with van der Waals surface area (Å²) in [5, 5.41) is 3.35. The van der Waals surface area contributed by atoms with Gasteiger partial charge in [0.05, 0.1) is 6.61 Å². The number of rotatable bonds is 6. The van der Waals surface area contributed by atoms with Crippen molar-refractivity contribution in [1.82, 2.24) is 9.97 Å². The molecule has 0 unspecified atom stereocenters. The van der Waals surface area contributed by atoms with Crippen LogP contribution in [0.5, 0.6) is 5.75 Å². The fourth-order valence-electron chi connectivity index (χ4n) is 3.56. The van der Waals surface area contributed by atoms with E-state index < -0.39 is 0 Å². The van der Waals surface area contributed by atoms with Gasteiger partial charge in [0.2, 0.25) is 0 Å². The molecule has 1 aliphatic rings. The van der Waals surface area contributed by atoms with Crippen molar-refractivity contribution in [3.8, 4) is 5.75 Å². The number of nitrogens with one attached hydrogen (secondary N) is 1. The molecule has 0 radical (unpaired) electrons. The Labute approximate surface area is 172 Å². The minimum atomic E-state index is 0.666. The molecule has 1 saturated heterocycles. The van der Waals surface area contributed by atoms with Crippen LogP contribution in [0.3, 0.4) is 0 Å². The van der Waals surface area contributed by atoms with Crippen LogP contribution in [-0.2, 0) is 0 Å². The predicted molar refractivity (Wildman–Crippen MR) is 119 cm³/mol. The first-order chi connectivity index (χ1) is 14.2. The first kappa shape index (κ1) is 19.1. The second kappa shape index (κ2) is 8.82. The Morgan fingerprint density at radius 1 is 0.931 bits per heavy atom. The molecule has 2 aromatic carbocycles. The maximum absolute atomic E-state index is 5.49. The average Bonchev–Trinajstić information content (AvgIpc) is 2.76. The van der Waals surface area contributed by atoms with Crippen molar-refractivity contribution in [2.24, 2.45) is 0 Å². The quantitative estimate of drug-likeness (QED) is 0.680. The Kier molecular flexibility index (Phi) is 5.79. The number of ether oxygens (including phenoxy) is 1. The van der Waals surface area contributed by atoms with E-state index in [1.54, 1.807) is 6.33 Å². The summed E-state index contributed by atoms with van der Waals surface area (Å²) in [7, 11) is 0. The van der Waals surface area contributed by atoms with E-state index in [2.05, 4.69) is 56.3 Å². The lowest BCUT2D eigenvalue weighted by Gasteiger charge is -2.36. The van der Waals surface area contributed by atoms with Crippen LogP contribution < -0.4 is 19.9 Å². The van der Waals surface area contributed by atoms with Crippen molar-refractivity contribution in [1.29, 1.82) is 0 Å². The lowest BCUT2D eigenvalue weighted by molar-refractivity contribution is 0.340. The van der Waals surface area contributed by atoms with Gasteiger partial charge in [-0.1, -0.05) is 12.1 Å². The van der Waals surface area contributed by atoms with Gasteiger partial charge in [0.1, 0.15) is 23.7 Å². The third kappa shape index (κ3) is 4.77. The van der Waals surface area contributed by atoms with Crippen LogP contribution in [-0.4, -0.2) is 42.8 Å². The molecule has 1 N–H and O–H groups in total. The molecule has 0 amide bonds. The number of hydrogen-bond donors (Lipinski definition) is 1. The standard InChI is InChI=1S/C23H27N5O/c1-3-29-21-9-7-19(8-10-21)26-22-16-23(25-17-24-22)28-13-11-27(12-14-28)20-6-4-5-18(2)15-20/h4-10,15-17H,3,11-14H2,1-2H3,(H,24,25,26). The van der Waals surface area contributed by atoms with Crippen LogP contribution in [0.25, 0.3) is 0 Å². The van der Waals surface area contributed by atoms with Gasteiger partial charge in [-0.3, -0.25) is 0 Å². The molecule has 2 heterocycles. The largest absolute Gasteiger partial charge is 0.494 e. The van der Waals surface area contributed by atoms with Crippen molar-refractivity contribution < 1.29 is 4.74 Å². The summed E-state index contributed by atoms with van der Waals surface area (Å²) in [4.78, 5) is 13.6. The van der Waals surface area contributed by atoms with E-state index in [1.165, 1.54) is 11.3 Å². The average molecular weight is 390 g/mol. The normalized spacial score (nSPS) is 14.0. The maximum atomic E-state index is 5.49. The number of aromatic nitrogens is 2. The van der Waals surface area contributed by atoms with Crippen LogP contribution in [0.1, 0.15) is 12.5 Å². The van der Waals surface area contributed by atoms with Crippen molar-refractivity contribution in [2.75, 3.05) is 47.9 Å². The molecule has 1 fully saturated rings. The van der Waals surface area contributed by atoms with Crippen LogP contribution in [0.4, 0.5) is 23.0 Å². The Balaban J connectivity index is 1.39. The molecular formula is C23H27N5O. The molecule has 1 aromatic heterocycles. The lowest BCUT2D eigenvalue weighted by Crippen LogP contribution is -2.46. The third-order valence-electron chi connectivity index (χ3n) is 5.06. The zero-order valence-electron chi connectivity index (χ0n) is 17.0. The van der Waals surface area contributed by atoms with Gasteiger partial charge in [-0.2, -0.15) is 0 Å². The fraction of sp³-hybridized carbons (Fsp3) is 0.304. The molecule has 0 spiro atoms. The van der Waals surface area contributed by atoms with E-state index in [-0.39, 0.29) is 0 Å². The number of aryl methyl sites for hydroxylation is 1. The molecule has 0 aliphatic carbocycles. The van der Waals surface area contributed by atoms with E-state index in [9.17, 15) is 0 Å². The maximum Gasteiger partial charge on any atom is 0.135 e. The van der Waals surface area contributed by atoms with Gasteiger partial charge >= 0.3 is 0 Å². The first-order valence-electron chi connectivity index (χ1n) is 10.1. The Morgan fingerprint density at radius 2 is 1.69 bits per heavy atom. The summed E-state index contributed by atoms with van der Waals surface area (Å²) in [5.74, 6) is 2.62. The highest BCUT2D eigenvalue weighted by atomic mass is 16.5. The van der Waals surface area contributed by atoms with Crippen molar-refractivity contribution >= 4 is 23.0 Å². The molecule has 6 heteroatoms. The second-order valence-corrected chi connectivity index (χ2v) is 7.16. The highest BCUT2D eigenvalue weighted by Crippen LogP contribution is 2.23. The van der Waals surface area contributed by atoms with Crippen LogP contribution >= 0.6 is 0 Å². The zero-order chi connectivity index (χ0) is 20.1. The number of benzene rings is 2. The van der Waals surface area contributed by atoms with E-state index in [0.717, 1.165) is 49.3 Å². The third-order valence-corrected chi connectivity index (χ3v) is 5.06. The predicted octanol–water partition coefficient (Wildman–Crippen LogP) is 4.25. The minimum absolute atomic E-state index is 0.666. The zero-order valence-corrected chi connectivity index (χ0v) is 17.0. The summed E-state index contributed by atoms with van der Waals surface area (Å²) in [6.45, 7) is 8.62. The fourth-order valence-corrected chi connectivity index (χ4v) is 3.56. The molecule has 4 rings (SSSR count). The van der Waals surface area contributed by atoms with Gasteiger partial charge in [-0.05, 0) is 55.8 Å². The van der Waals surface area contributed by atoms with Gasteiger partial charge in [0.15, 0.2) is 0 Å². The van der Waals surface area contributed by atoms with E-state index in [1.807, 2.05) is 37.3 Å².